The van der Waals surface area contributed by atoms with Crippen LogP contribution in [-0.4, -0.2) is 28.0 Å². The van der Waals surface area contributed by atoms with Crippen LogP contribution in [0.1, 0.15) is 24.0 Å². The first-order valence-electron chi connectivity index (χ1n) is 8.52. The van der Waals surface area contributed by atoms with E-state index in [1.807, 2.05) is 36.4 Å². The highest BCUT2D eigenvalue weighted by molar-refractivity contribution is 9.10. The molecule has 0 heterocycles. The van der Waals surface area contributed by atoms with E-state index < -0.39 is 10.0 Å². The maximum atomic E-state index is 11.9. The van der Waals surface area contributed by atoms with Gasteiger partial charge in [0.2, 0.25) is 15.9 Å². The Morgan fingerprint density at radius 2 is 1.81 bits per heavy atom. The topological polar surface area (TPSA) is 84.5 Å². The van der Waals surface area contributed by atoms with Gasteiger partial charge in [-0.3, -0.25) is 4.79 Å². The number of ether oxygens (including phenoxy) is 1. The number of carbonyl (C=O) groups is 1. The van der Waals surface area contributed by atoms with Crippen LogP contribution in [0.2, 0.25) is 0 Å². The maximum absolute atomic E-state index is 11.9. The van der Waals surface area contributed by atoms with Crippen LogP contribution in [0.3, 0.4) is 0 Å². The van der Waals surface area contributed by atoms with E-state index in [9.17, 15) is 13.2 Å². The third kappa shape index (κ3) is 8.11. The predicted molar refractivity (Wildman–Crippen MR) is 109 cm³/mol. The summed E-state index contributed by atoms with van der Waals surface area (Å²) in [5.41, 5.74) is 1.61. The summed E-state index contributed by atoms with van der Waals surface area (Å²) >= 11 is 3.38. The van der Waals surface area contributed by atoms with Crippen molar-refractivity contribution in [1.29, 1.82) is 0 Å². The molecule has 2 aromatic rings. The smallest absolute Gasteiger partial charge is 0.220 e. The van der Waals surface area contributed by atoms with Crippen LogP contribution in [0, 0.1) is 0 Å². The molecule has 6 nitrogen and oxygen atoms in total. The summed E-state index contributed by atoms with van der Waals surface area (Å²) in [6.07, 6.45) is 1.01. The van der Waals surface area contributed by atoms with Crippen molar-refractivity contribution in [3.63, 3.8) is 0 Å². The molecule has 1 amide bonds. The first kappa shape index (κ1) is 21.4. The lowest BCUT2D eigenvalue weighted by Gasteiger charge is -2.08. The van der Waals surface area contributed by atoms with Crippen molar-refractivity contribution in [2.45, 2.75) is 25.1 Å². The van der Waals surface area contributed by atoms with Crippen molar-refractivity contribution in [2.24, 2.45) is 0 Å². The molecule has 8 heteroatoms. The second-order valence-corrected chi connectivity index (χ2v) is 8.81. The summed E-state index contributed by atoms with van der Waals surface area (Å²) in [6, 6.07) is 14.7. The molecule has 0 aromatic heterocycles. The van der Waals surface area contributed by atoms with Gasteiger partial charge in [0.15, 0.2) is 0 Å². The Hall–Kier alpha value is -1.90. The van der Waals surface area contributed by atoms with Gasteiger partial charge in [0.25, 0.3) is 0 Å². The minimum absolute atomic E-state index is 0.0466. The van der Waals surface area contributed by atoms with Gasteiger partial charge in [0, 0.05) is 17.4 Å². The molecular formula is C19H23BrN2O4S. The average molecular weight is 455 g/mol. The fraction of sp³-hybridized carbons (Fsp3) is 0.316. The third-order valence-electron chi connectivity index (χ3n) is 3.79. The van der Waals surface area contributed by atoms with E-state index >= 15 is 0 Å². The Labute approximate surface area is 168 Å². The predicted octanol–water partition coefficient (Wildman–Crippen LogP) is 2.97. The molecule has 0 bridgehead atoms. The average Bonchev–Trinajstić information content (AvgIpc) is 2.64. The Kier molecular flexibility index (Phi) is 8.27. The first-order chi connectivity index (χ1) is 12.9. The molecule has 0 aliphatic carbocycles. The Bertz CT molecular complexity index is 854. The zero-order valence-electron chi connectivity index (χ0n) is 15.1. The van der Waals surface area contributed by atoms with Gasteiger partial charge < -0.3 is 10.1 Å². The monoisotopic (exact) mass is 454 g/mol. The number of carbonyl (C=O) groups excluding carboxylic acids is 1. The van der Waals surface area contributed by atoms with Gasteiger partial charge in [-0.15, -0.1) is 0 Å². The number of nitrogens with one attached hydrogen (secondary N) is 2. The lowest BCUT2D eigenvalue weighted by Crippen LogP contribution is -2.23. The standard InChI is InChI=1S/C19H23BrN2O4S/c1-21-27(24,25)14-16-9-7-15(8-10-16)13-22-19(23)6-3-11-26-18-5-2-4-17(20)12-18/h2,4-5,7-10,12,21H,3,6,11,13-14H2,1H3,(H,22,23). The van der Waals surface area contributed by atoms with Crippen LogP contribution in [0.5, 0.6) is 5.75 Å². The van der Waals surface area contributed by atoms with Crippen molar-refractivity contribution in [3.05, 3.63) is 64.1 Å². The van der Waals surface area contributed by atoms with E-state index in [-0.39, 0.29) is 11.7 Å². The number of sulfonamides is 1. The van der Waals surface area contributed by atoms with E-state index in [4.69, 9.17) is 4.74 Å². The number of hydrogen-bond acceptors (Lipinski definition) is 4. The largest absolute Gasteiger partial charge is 0.494 e. The summed E-state index contributed by atoms with van der Waals surface area (Å²) < 4.78 is 31.9. The molecule has 0 aliphatic heterocycles. The molecule has 0 fully saturated rings. The van der Waals surface area contributed by atoms with E-state index in [0.717, 1.165) is 15.8 Å². The molecule has 146 valence electrons. The maximum Gasteiger partial charge on any atom is 0.220 e. The molecular weight excluding hydrogens is 432 g/mol. The number of halogens is 1. The van der Waals surface area contributed by atoms with E-state index in [0.29, 0.717) is 31.6 Å². The van der Waals surface area contributed by atoms with Crippen molar-refractivity contribution >= 4 is 31.9 Å². The Morgan fingerprint density at radius 1 is 1.11 bits per heavy atom. The summed E-state index contributed by atoms with van der Waals surface area (Å²) in [6.45, 7) is 0.878. The van der Waals surface area contributed by atoms with Crippen LogP contribution in [0.15, 0.2) is 53.0 Å². The second-order valence-electron chi connectivity index (χ2n) is 5.97. The van der Waals surface area contributed by atoms with Gasteiger partial charge in [-0.1, -0.05) is 46.3 Å². The SMILES string of the molecule is CNS(=O)(=O)Cc1ccc(CNC(=O)CCCOc2cccc(Br)c2)cc1. The second kappa shape index (κ2) is 10.4. The molecule has 0 saturated carbocycles. The summed E-state index contributed by atoms with van der Waals surface area (Å²) in [7, 11) is -1.89. The van der Waals surface area contributed by atoms with Crippen LogP contribution in [0.25, 0.3) is 0 Å². The quantitative estimate of drug-likeness (QED) is 0.540. The molecule has 0 aliphatic rings. The highest BCUT2D eigenvalue weighted by Gasteiger charge is 2.08. The molecule has 0 atom stereocenters. The van der Waals surface area contributed by atoms with Gasteiger partial charge in [-0.2, -0.15) is 0 Å². The molecule has 0 spiro atoms. The summed E-state index contributed by atoms with van der Waals surface area (Å²) in [5.74, 6) is 0.661. The van der Waals surface area contributed by atoms with Crippen LogP contribution < -0.4 is 14.8 Å². The minimum Gasteiger partial charge on any atom is -0.494 e. The van der Waals surface area contributed by atoms with Crippen molar-refractivity contribution in [1.82, 2.24) is 10.0 Å². The molecule has 0 saturated heterocycles. The molecule has 2 aromatic carbocycles. The summed E-state index contributed by atoms with van der Waals surface area (Å²) in [4.78, 5) is 11.9. The van der Waals surface area contributed by atoms with Gasteiger partial charge in [-0.05, 0) is 42.8 Å². The van der Waals surface area contributed by atoms with Crippen molar-refractivity contribution in [2.75, 3.05) is 13.7 Å². The molecule has 0 radical (unpaired) electrons. The third-order valence-corrected chi connectivity index (χ3v) is 5.62. The number of benzene rings is 2. The number of hydrogen-bond donors (Lipinski definition) is 2. The van der Waals surface area contributed by atoms with Crippen LogP contribution >= 0.6 is 15.9 Å². The zero-order valence-corrected chi connectivity index (χ0v) is 17.5. The molecule has 0 unspecified atom stereocenters. The van der Waals surface area contributed by atoms with Crippen LogP contribution in [0.4, 0.5) is 0 Å². The molecule has 27 heavy (non-hydrogen) atoms. The lowest BCUT2D eigenvalue weighted by molar-refractivity contribution is -0.121. The van der Waals surface area contributed by atoms with Crippen molar-refractivity contribution in [3.8, 4) is 5.75 Å². The normalized spacial score (nSPS) is 11.2. The van der Waals surface area contributed by atoms with E-state index in [1.165, 1.54) is 7.05 Å². The van der Waals surface area contributed by atoms with Gasteiger partial charge >= 0.3 is 0 Å². The van der Waals surface area contributed by atoms with Gasteiger partial charge in [0.05, 0.1) is 12.4 Å². The zero-order chi connectivity index (χ0) is 19.7. The van der Waals surface area contributed by atoms with E-state index in [2.05, 4.69) is 26.0 Å². The highest BCUT2D eigenvalue weighted by Crippen LogP contribution is 2.17. The number of amides is 1. The van der Waals surface area contributed by atoms with E-state index in [1.54, 1.807) is 12.1 Å². The Morgan fingerprint density at radius 3 is 2.48 bits per heavy atom. The van der Waals surface area contributed by atoms with Gasteiger partial charge in [-0.25, -0.2) is 13.1 Å². The van der Waals surface area contributed by atoms with Crippen molar-refractivity contribution < 1.29 is 17.9 Å². The summed E-state index contributed by atoms with van der Waals surface area (Å²) in [5, 5.41) is 2.85. The number of rotatable bonds is 10. The fourth-order valence-corrected chi connectivity index (χ4v) is 3.47. The lowest BCUT2D eigenvalue weighted by atomic mass is 10.1. The fourth-order valence-electron chi connectivity index (χ4n) is 2.31. The molecule has 2 N–H and O–H groups in total. The minimum atomic E-state index is -3.28. The first-order valence-corrected chi connectivity index (χ1v) is 11.0. The Balaban J connectivity index is 1.67. The highest BCUT2D eigenvalue weighted by atomic mass is 79.9. The molecule has 2 rings (SSSR count). The van der Waals surface area contributed by atoms with Crippen LogP contribution in [-0.2, 0) is 27.1 Å². The van der Waals surface area contributed by atoms with Gasteiger partial charge in [0.1, 0.15) is 5.75 Å².